The molecular formula is C12H21NO. The quantitative estimate of drug-likeness (QED) is 0.696. The minimum Gasteiger partial charge on any atom is -0.378 e. The van der Waals surface area contributed by atoms with Crippen molar-refractivity contribution >= 4 is 0 Å². The highest BCUT2D eigenvalue weighted by atomic mass is 16.5. The van der Waals surface area contributed by atoms with Crippen molar-refractivity contribution in [1.29, 1.82) is 0 Å². The molecule has 0 aromatic rings. The first-order chi connectivity index (χ1) is 6.83. The van der Waals surface area contributed by atoms with Crippen LogP contribution in [0.15, 0.2) is 11.6 Å². The number of hydrogen-bond donors (Lipinski definition) is 1. The van der Waals surface area contributed by atoms with Crippen molar-refractivity contribution in [2.75, 3.05) is 13.7 Å². The van der Waals surface area contributed by atoms with Crippen LogP contribution in [0.4, 0.5) is 0 Å². The van der Waals surface area contributed by atoms with Crippen molar-refractivity contribution in [2.24, 2.45) is 5.92 Å². The van der Waals surface area contributed by atoms with E-state index < -0.39 is 0 Å². The van der Waals surface area contributed by atoms with Crippen LogP contribution >= 0.6 is 0 Å². The van der Waals surface area contributed by atoms with Gasteiger partial charge in [0.05, 0.1) is 6.10 Å². The van der Waals surface area contributed by atoms with Crippen molar-refractivity contribution in [2.45, 2.75) is 44.8 Å². The predicted molar refractivity (Wildman–Crippen MR) is 58.3 cm³/mol. The van der Waals surface area contributed by atoms with E-state index in [1.165, 1.54) is 25.7 Å². The molecule has 14 heavy (non-hydrogen) atoms. The molecule has 1 saturated heterocycles. The fraction of sp³-hybridized carbons (Fsp3) is 0.833. The largest absolute Gasteiger partial charge is 0.378 e. The van der Waals surface area contributed by atoms with E-state index in [0.717, 1.165) is 6.61 Å². The monoisotopic (exact) mass is 195 g/mol. The SMILES string of the molecule is CNC(C1=CCCC1)C1CCOC1C. The van der Waals surface area contributed by atoms with Crippen LogP contribution < -0.4 is 5.32 Å². The van der Waals surface area contributed by atoms with Gasteiger partial charge in [0.2, 0.25) is 0 Å². The van der Waals surface area contributed by atoms with Gasteiger partial charge in [-0.15, -0.1) is 0 Å². The Bertz CT molecular complexity index is 224. The average molecular weight is 195 g/mol. The molecule has 0 spiro atoms. The zero-order valence-electron chi connectivity index (χ0n) is 9.25. The summed E-state index contributed by atoms with van der Waals surface area (Å²) >= 11 is 0. The summed E-state index contributed by atoms with van der Waals surface area (Å²) in [7, 11) is 2.08. The number of rotatable bonds is 3. The molecule has 1 fully saturated rings. The molecule has 1 aliphatic heterocycles. The van der Waals surface area contributed by atoms with Crippen LogP contribution in [-0.4, -0.2) is 25.8 Å². The average Bonchev–Trinajstić information content (AvgIpc) is 2.80. The number of likely N-dealkylation sites (N-methyl/N-ethyl adjacent to an activating group) is 1. The minimum atomic E-state index is 0.425. The Labute approximate surface area is 86.7 Å². The van der Waals surface area contributed by atoms with Crippen LogP contribution in [0.5, 0.6) is 0 Å². The highest BCUT2D eigenvalue weighted by Crippen LogP contribution is 2.31. The second kappa shape index (κ2) is 4.45. The highest BCUT2D eigenvalue weighted by Gasteiger charge is 2.33. The summed E-state index contributed by atoms with van der Waals surface area (Å²) in [6.07, 6.45) is 7.96. The van der Waals surface area contributed by atoms with E-state index in [9.17, 15) is 0 Å². The second-order valence-corrected chi connectivity index (χ2v) is 4.47. The molecule has 1 aliphatic carbocycles. The Kier molecular flexibility index (Phi) is 3.24. The number of hydrogen-bond acceptors (Lipinski definition) is 2. The van der Waals surface area contributed by atoms with Crippen LogP contribution in [0.1, 0.15) is 32.6 Å². The smallest absolute Gasteiger partial charge is 0.0594 e. The minimum absolute atomic E-state index is 0.425. The Morgan fingerprint density at radius 1 is 1.57 bits per heavy atom. The number of allylic oxidation sites excluding steroid dienone is 1. The lowest BCUT2D eigenvalue weighted by molar-refractivity contribution is 0.0994. The lowest BCUT2D eigenvalue weighted by Gasteiger charge is -2.26. The van der Waals surface area contributed by atoms with E-state index in [2.05, 4.69) is 25.4 Å². The highest BCUT2D eigenvalue weighted by molar-refractivity contribution is 5.17. The molecule has 0 radical (unpaired) electrons. The molecule has 2 aliphatic rings. The zero-order chi connectivity index (χ0) is 9.97. The van der Waals surface area contributed by atoms with Gasteiger partial charge in [-0.2, -0.15) is 0 Å². The van der Waals surface area contributed by atoms with Gasteiger partial charge < -0.3 is 10.1 Å². The van der Waals surface area contributed by atoms with E-state index in [0.29, 0.717) is 18.1 Å². The Hall–Kier alpha value is -0.340. The summed E-state index contributed by atoms with van der Waals surface area (Å²) in [6, 6.07) is 0.565. The molecule has 0 saturated carbocycles. The molecule has 0 amide bonds. The van der Waals surface area contributed by atoms with Crippen molar-refractivity contribution in [3.63, 3.8) is 0 Å². The summed E-state index contributed by atoms with van der Waals surface area (Å²) in [4.78, 5) is 0. The predicted octanol–water partition coefficient (Wildman–Crippen LogP) is 2.11. The molecule has 2 nitrogen and oxygen atoms in total. The summed E-state index contributed by atoms with van der Waals surface area (Å²) in [5.41, 5.74) is 1.62. The number of nitrogens with one attached hydrogen (secondary N) is 1. The van der Waals surface area contributed by atoms with Crippen LogP contribution in [-0.2, 0) is 4.74 Å². The first-order valence-corrected chi connectivity index (χ1v) is 5.80. The summed E-state index contributed by atoms with van der Waals surface area (Å²) < 4.78 is 5.64. The van der Waals surface area contributed by atoms with Gasteiger partial charge in [-0.05, 0) is 39.7 Å². The van der Waals surface area contributed by atoms with Crippen molar-refractivity contribution in [3.05, 3.63) is 11.6 Å². The van der Waals surface area contributed by atoms with Crippen molar-refractivity contribution in [3.8, 4) is 0 Å². The Morgan fingerprint density at radius 3 is 2.93 bits per heavy atom. The lowest BCUT2D eigenvalue weighted by Crippen LogP contribution is -2.38. The summed E-state index contributed by atoms with van der Waals surface area (Å²) in [5.74, 6) is 0.685. The van der Waals surface area contributed by atoms with E-state index in [-0.39, 0.29) is 0 Å². The standard InChI is InChI=1S/C12H21NO/c1-9-11(7-8-14-9)12(13-2)10-5-3-4-6-10/h5,9,11-13H,3-4,6-8H2,1-2H3. The van der Waals surface area contributed by atoms with E-state index in [4.69, 9.17) is 4.74 Å². The maximum absolute atomic E-state index is 5.64. The Balaban J connectivity index is 2.04. The molecular weight excluding hydrogens is 174 g/mol. The van der Waals surface area contributed by atoms with E-state index >= 15 is 0 Å². The van der Waals surface area contributed by atoms with Crippen LogP contribution in [0.25, 0.3) is 0 Å². The fourth-order valence-corrected chi connectivity index (χ4v) is 2.84. The second-order valence-electron chi connectivity index (χ2n) is 4.47. The van der Waals surface area contributed by atoms with Gasteiger partial charge in [-0.25, -0.2) is 0 Å². The third-order valence-electron chi connectivity index (χ3n) is 3.65. The van der Waals surface area contributed by atoms with Gasteiger partial charge in [0.15, 0.2) is 0 Å². The van der Waals surface area contributed by atoms with Gasteiger partial charge in [0.25, 0.3) is 0 Å². The lowest BCUT2D eigenvalue weighted by atomic mass is 9.88. The van der Waals surface area contributed by atoms with Gasteiger partial charge in [0, 0.05) is 18.6 Å². The Morgan fingerprint density at radius 2 is 2.43 bits per heavy atom. The molecule has 0 bridgehead atoms. The van der Waals surface area contributed by atoms with E-state index in [1.807, 2.05) is 0 Å². The normalized spacial score (nSPS) is 34.6. The van der Waals surface area contributed by atoms with Crippen LogP contribution in [0, 0.1) is 5.92 Å². The first kappa shape index (κ1) is 10.2. The molecule has 2 heteroatoms. The van der Waals surface area contributed by atoms with Gasteiger partial charge in [-0.3, -0.25) is 0 Å². The summed E-state index contributed by atoms with van der Waals surface area (Å²) in [5, 5.41) is 3.47. The zero-order valence-corrected chi connectivity index (χ0v) is 9.25. The summed E-state index contributed by atoms with van der Waals surface area (Å²) in [6.45, 7) is 3.15. The molecule has 0 aromatic heterocycles. The number of ether oxygens (including phenoxy) is 1. The molecule has 1 heterocycles. The van der Waals surface area contributed by atoms with Gasteiger partial charge in [-0.1, -0.05) is 11.6 Å². The van der Waals surface area contributed by atoms with Crippen molar-refractivity contribution in [1.82, 2.24) is 5.32 Å². The molecule has 3 atom stereocenters. The maximum Gasteiger partial charge on any atom is 0.0594 e. The van der Waals surface area contributed by atoms with Gasteiger partial charge >= 0.3 is 0 Å². The molecule has 0 aromatic carbocycles. The maximum atomic E-state index is 5.64. The van der Waals surface area contributed by atoms with Crippen molar-refractivity contribution < 1.29 is 4.74 Å². The molecule has 3 unspecified atom stereocenters. The van der Waals surface area contributed by atoms with Crippen LogP contribution in [0.3, 0.4) is 0 Å². The third kappa shape index (κ3) is 1.86. The first-order valence-electron chi connectivity index (χ1n) is 5.80. The van der Waals surface area contributed by atoms with E-state index in [1.54, 1.807) is 5.57 Å². The fourth-order valence-electron chi connectivity index (χ4n) is 2.84. The topological polar surface area (TPSA) is 21.3 Å². The van der Waals surface area contributed by atoms with Gasteiger partial charge in [0.1, 0.15) is 0 Å². The molecule has 2 rings (SSSR count). The molecule has 80 valence electrons. The molecule has 1 N–H and O–H groups in total. The third-order valence-corrected chi connectivity index (χ3v) is 3.65. The van der Waals surface area contributed by atoms with Crippen LogP contribution in [0.2, 0.25) is 0 Å².